The van der Waals surface area contributed by atoms with Crippen molar-refractivity contribution in [3.8, 4) is 5.75 Å². The molecule has 1 aliphatic rings. The Bertz CT molecular complexity index is 453. The predicted octanol–water partition coefficient (Wildman–Crippen LogP) is 4.16. The largest absolute Gasteiger partial charge is 0.497 e. The van der Waals surface area contributed by atoms with Gasteiger partial charge in [0.25, 0.3) is 0 Å². The van der Waals surface area contributed by atoms with Crippen molar-refractivity contribution in [3.63, 3.8) is 0 Å². The number of hydrogen-bond donors (Lipinski definition) is 0. The van der Waals surface area contributed by atoms with Crippen molar-refractivity contribution in [2.45, 2.75) is 52.0 Å². The van der Waals surface area contributed by atoms with E-state index in [1.807, 2.05) is 0 Å². The zero-order chi connectivity index (χ0) is 14.1. The second-order valence-corrected chi connectivity index (χ2v) is 6.58. The number of fused-ring (bicyclic) bond motifs is 1. The standard InChI is InChI=1S/C17H28NO/c1-6-7-12-18(4)16-9-8-15(19-5)13-14(16)10-11-17(18,2)3/h8-9,13H,6-7,10-12H2,1-5H3/q+1. The molecule has 0 aromatic heterocycles. The molecule has 1 aromatic carbocycles. The van der Waals surface area contributed by atoms with Crippen molar-refractivity contribution >= 4 is 5.69 Å². The van der Waals surface area contributed by atoms with Crippen LogP contribution in [0.2, 0.25) is 0 Å². The van der Waals surface area contributed by atoms with E-state index in [1.165, 1.54) is 43.5 Å². The first-order chi connectivity index (χ1) is 8.94. The van der Waals surface area contributed by atoms with E-state index in [0.29, 0.717) is 5.54 Å². The highest BCUT2D eigenvalue weighted by Gasteiger charge is 2.45. The second-order valence-electron chi connectivity index (χ2n) is 6.58. The molecule has 0 aliphatic carbocycles. The van der Waals surface area contributed by atoms with Gasteiger partial charge in [-0.15, -0.1) is 0 Å². The van der Waals surface area contributed by atoms with Gasteiger partial charge in [-0.25, -0.2) is 0 Å². The molecule has 2 rings (SSSR count). The van der Waals surface area contributed by atoms with E-state index in [0.717, 1.165) is 10.2 Å². The minimum atomic E-state index is 0.316. The maximum atomic E-state index is 5.37. The topological polar surface area (TPSA) is 9.23 Å². The normalized spacial score (nSPS) is 24.9. The van der Waals surface area contributed by atoms with E-state index in [1.54, 1.807) is 7.11 Å². The quantitative estimate of drug-likeness (QED) is 0.740. The highest BCUT2D eigenvalue weighted by Crippen LogP contribution is 2.43. The summed E-state index contributed by atoms with van der Waals surface area (Å²) in [5, 5.41) is 0. The highest BCUT2D eigenvalue weighted by atomic mass is 16.5. The minimum Gasteiger partial charge on any atom is -0.497 e. The number of unbranched alkanes of at least 4 members (excludes halogenated alkanes) is 1. The fourth-order valence-corrected chi connectivity index (χ4v) is 3.28. The molecule has 0 bridgehead atoms. The van der Waals surface area contributed by atoms with Crippen molar-refractivity contribution in [2.24, 2.45) is 0 Å². The number of rotatable bonds is 4. The average Bonchev–Trinajstić information content (AvgIpc) is 2.41. The Labute approximate surface area is 118 Å². The lowest BCUT2D eigenvalue weighted by molar-refractivity contribution is 0.133. The van der Waals surface area contributed by atoms with Crippen LogP contribution in [0.5, 0.6) is 5.75 Å². The van der Waals surface area contributed by atoms with Gasteiger partial charge >= 0.3 is 0 Å². The van der Waals surface area contributed by atoms with Crippen LogP contribution in [-0.4, -0.2) is 26.2 Å². The summed E-state index contributed by atoms with van der Waals surface area (Å²) in [5.74, 6) is 0.987. The van der Waals surface area contributed by atoms with E-state index < -0.39 is 0 Å². The van der Waals surface area contributed by atoms with Crippen molar-refractivity contribution < 1.29 is 4.74 Å². The van der Waals surface area contributed by atoms with Crippen LogP contribution in [0, 0.1) is 0 Å². The molecule has 1 atom stereocenters. The molecule has 0 N–H and O–H groups in total. The van der Waals surface area contributed by atoms with Crippen molar-refractivity contribution in [1.82, 2.24) is 4.48 Å². The molecular weight excluding hydrogens is 234 g/mol. The molecule has 0 fully saturated rings. The van der Waals surface area contributed by atoms with Gasteiger partial charge in [-0.1, -0.05) is 13.3 Å². The maximum Gasteiger partial charge on any atom is 0.136 e. The Balaban J connectivity index is 2.46. The summed E-state index contributed by atoms with van der Waals surface area (Å²) in [5.41, 5.74) is 3.28. The Morgan fingerprint density at radius 1 is 1.32 bits per heavy atom. The van der Waals surface area contributed by atoms with Crippen molar-refractivity contribution in [2.75, 3.05) is 20.7 Å². The summed E-state index contributed by atoms with van der Waals surface area (Å²) < 4.78 is 6.43. The fourth-order valence-electron chi connectivity index (χ4n) is 3.28. The summed E-state index contributed by atoms with van der Waals surface area (Å²) in [6.07, 6.45) is 4.95. The van der Waals surface area contributed by atoms with E-state index in [-0.39, 0.29) is 0 Å². The summed E-state index contributed by atoms with van der Waals surface area (Å²) in [6, 6.07) is 6.63. The molecule has 0 saturated carbocycles. The van der Waals surface area contributed by atoms with Crippen molar-refractivity contribution in [3.05, 3.63) is 23.8 Å². The third-order valence-electron chi connectivity index (χ3n) is 5.12. The predicted molar refractivity (Wildman–Crippen MR) is 82.9 cm³/mol. The summed E-state index contributed by atoms with van der Waals surface area (Å²) >= 11 is 0. The van der Waals surface area contributed by atoms with Crippen LogP contribution in [0.4, 0.5) is 5.69 Å². The number of quaternary nitrogens is 1. The van der Waals surface area contributed by atoms with Crippen molar-refractivity contribution in [1.29, 1.82) is 0 Å². The third kappa shape index (κ3) is 2.38. The van der Waals surface area contributed by atoms with Gasteiger partial charge in [0.2, 0.25) is 0 Å². The van der Waals surface area contributed by atoms with Gasteiger partial charge in [0.05, 0.1) is 26.2 Å². The SMILES string of the molecule is CCCC[N+]1(C)c2ccc(OC)cc2CCC1(C)C. The van der Waals surface area contributed by atoms with Gasteiger partial charge in [0.1, 0.15) is 11.4 Å². The molecule has 19 heavy (non-hydrogen) atoms. The summed E-state index contributed by atoms with van der Waals surface area (Å²) in [4.78, 5) is 0. The summed E-state index contributed by atoms with van der Waals surface area (Å²) in [6.45, 7) is 8.33. The van der Waals surface area contributed by atoms with Crippen LogP contribution in [0.25, 0.3) is 0 Å². The van der Waals surface area contributed by atoms with E-state index in [4.69, 9.17) is 4.74 Å². The molecule has 2 nitrogen and oxygen atoms in total. The van der Waals surface area contributed by atoms with E-state index >= 15 is 0 Å². The third-order valence-corrected chi connectivity index (χ3v) is 5.12. The van der Waals surface area contributed by atoms with Crippen LogP contribution in [-0.2, 0) is 6.42 Å². The Kier molecular flexibility index (Phi) is 3.91. The molecule has 0 radical (unpaired) electrons. The maximum absolute atomic E-state index is 5.37. The zero-order valence-corrected chi connectivity index (χ0v) is 13.1. The molecule has 1 heterocycles. The van der Waals surface area contributed by atoms with E-state index in [2.05, 4.69) is 46.0 Å². The highest BCUT2D eigenvalue weighted by molar-refractivity contribution is 5.56. The lowest BCUT2D eigenvalue weighted by Crippen LogP contribution is -2.63. The molecule has 1 aromatic rings. The van der Waals surface area contributed by atoms with Gasteiger partial charge < -0.3 is 4.74 Å². The molecular formula is C17H28NO+. The lowest BCUT2D eigenvalue weighted by Gasteiger charge is -2.51. The van der Waals surface area contributed by atoms with Crippen LogP contribution in [0.15, 0.2) is 18.2 Å². The van der Waals surface area contributed by atoms with Crippen LogP contribution in [0.1, 0.15) is 45.6 Å². The Morgan fingerprint density at radius 2 is 2.05 bits per heavy atom. The molecule has 2 heteroatoms. The van der Waals surface area contributed by atoms with Gasteiger partial charge in [-0.05, 0) is 38.8 Å². The molecule has 0 saturated heterocycles. The first-order valence-corrected chi connectivity index (χ1v) is 7.48. The molecule has 1 unspecified atom stereocenters. The van der Waals surface area contributed by atoms with Gasteiger partial charge in [-0.3, -0.25) is 4.48 Å². The number of methoxy groups -OCH3 is 1. The summed E-state index contributed by atoms with van der Waals surface area (Å²) in [7, 11) is 4.15. The van der Waals surface area contributed by atoms with E-state index in [9.17, 15) is 0 Å². The number of nitrogens with zero attached hydrogens (tertiary/aromatic N) is 1. The second kappa shape index (κ2) is 5.16. The van der Waals surface area contributed by atoms with Crippen LogP contribution >= 0.6 is 0 Å². The molecule has 106 valence electrons. The molecule has 0 spiro atoms. The number of ether oxygens (including phenoxy) is 1. The first-order valence-electron chi connectivity index (χ1n) is 7.48. The lowest BCUT2D eigenvalue weighted by atomic mass is 9.83. The first kappa shape index (κ1) is 14.4. The smallest absolute Gasteiger partial charge is 0.136 e. The van der Waals surface area contributed by atoms with Crippen LogP contribution < -0.4 is 9.22 Å². The fraction of sp³-hybridized carbons (Fsp3) is 0.647. The number of hydrogen-bond acceptors (Lipinski definition) is 1. The molecule has 0 amide bonds. The Hall–Kier alpha value is -1.02. The zero-order valence-electron chi connectivity index (χ0n) is 13.1. The number of benzene rings is 1. The minimum absolute atomic E-state index is 0.316. The average molecular weight is 262 g/mol. The van der Waals surface area contributed by atoms with Gasteiger partial charge in [0, 0.05) is 18.1 Å². The van der Waals surface area contributed by atoms with Gasteiger partial charge in [-0.2, -0.15) is 0 Å². The molecule has 1 aliphatic heterocycles. The number of aryl methyl sites for hydroxylation is 1. The monoisotopic (exact) mass is 262 g/mol. The van der Waals surface area contributed by atoms with Crippen LogP contribution in [0.3, 0.4) is 0 Å². The Morgan fingerprint density at radius 3 is 2.68 bits per heavy atom. The van der Waals surface area contributed by atoms with Gasteiger partial charge in [0.15, 0.2) is 0 Å².